The minimum absolute atomic E-state index is 0.0113. The van der Waals surface area contributed by atoms with Crippen LogP contribution in [0.15, 0.2) is 33.7 Å². The number of amides is 3. The number of nitro groups is 1. The first kappa shape index (κ1) is 20.3. The minimum Gasteiger partial charge on any atom is -0.361 e. The molecule has 3 amide bonds. The minimum atomic E-state index is -0.519. The highest BCUT2D eigenvalue weighted by Crippen LogP contribution is 2.32. The van der Waals surface area contributed by atoms with Gasteiger partial charge in [-0.3, -0.25) is 29.4 Å². The molecule has 150 valence electrons. The maximum absolute atomic E-state index is 12.5. The molecule has 1 saturated heterocycles. The number of non-ortho nitro benzene ring substituents is 1. The number of benzene rings is 1. The van der Waals surface area contributed by atoms with E-state index >= 15 is 0 Å². The van der Waals surface area contributed by atoms with Gasteiger partial charge in [-0.2, -0.15) is 0 Å². The first-order valence-electron chi connectivity index (χ1n) is 8.49. The number of thioether (sulfide) groups is 1. The van der Waals surface area contributed by atoms with Gasteiger partial charge in [0.05, 0.1) is 15.5 Å². The molecule has 0 saturated carbocycles. The number of rotatable bonds is 6. The number of aromatic nitrogens is 1. The van der Waals surface area contributed by atoms with Crippen LogP contribution in [-0.4, -0.2) is 45.1 Å². The van der Waals surface area contributed by atoms with Gasteiger partial charge < -0.3 is 9.84 Å². The van der Waals surface area contributed by atoms with Gasteiger partial charge in [-0.1, -0.05) is 5.16 Å². The van der Waals surface area contributed by atoms with E-state index in [2.05, 4.69) is 10.5 Å². The van der Waals surface area contributed by atoms with E-state index in [-0.39, 0.29) is 23.7 Å². The lowest BCUT2D eigenvalue weighted by atomic mass is 10.2. The van der Waals surface area contributed by atoms with E-state index in [4.69, 9.17) is 4.52 Å². The lowest BCUT2D eigenvalue weighted by molar-refractivity contribution is -0.384. The number of hydrogen-bond acceptors (Lipinski definition) is 8. The number of aryl methyl sites for hydroxylation is 2. The summed E-state index contributed by atoms with van der Waals surface area (Å²) in [4.78, 5) is 48.2. The van der Waals surface area contributed by atoms with Crippen molar-refractivity contribution in [3.8, 4) is 0 Å². The van der Waals surface area contributed by atoms with Crippen molar-refractivity contribution in [3.05, 3.63) is 61.9 Å². The average Bonchev–Trinajstić information content (AvgIpc) is 3.15. The fraction of sp³-hybridized carbons (Fsp3) is 0.222. The quantitative estimate of drug-likeness (QED) is 0.431. The monoisotopic (exact) mass is 416 g/mol. The normalized spacial score (nSPS) is 15.2. The number of imide groups is 1. The van der Waals surface area contributed by atoms with Crippen molar-refractivity contribution in [2.24, 2.45) is 0 Å². The van der Waals surface area contributed by atoms with Gasteiger partial charge in [0.1, 0.15) is 11.3 Å². The van der Waals surface area contributed by atoms with Gasteiger partial charge in [0.15, 0.2) is 0 Å². The van der Waals surface area contributed by atoms with Gasteiger partial charge in [0.2, 0.25) is 0 Å². The summed E-state index contributed by atoms with van der Waals surface area (Å²) >= 11 is 0.776. The average molecular weight is 416 g/mol. The number of nitrogens with one attached hydrogen (secondary N) is 1. The van der Waals surface area contributed by atoms with Crippen LogP contribution >= 0.6 is 11.8 Å². The molecule has 0 aliphatic carbocycles. The number of nitrogens with zero attached hydrogens (tertiary/aromatic N) is 3. The smallest absolute Gasteiger partial charge is 0.293 e. The van der Waals surface area contributed by atoms with Gasteiger partial charge in [-0.15, -0.1) is 0 Å². The van der Waals surface area contributed by atoms with Crippen molar-refractivity contribution in [2.45, 2.75) is 13.8 Å². The molecule has 1 aliphatic rings. The van der Waals surface area contributed by atoms with Gasteiger partial charge in [-0.25, -0.2) is 0 Å². The van der Waals surface area contributed by atoms with Crippen LogP contribution in [0.1, 0.15) is 27.4 Å². The summed E-state index contributed by atoms with van der Waals surface area (Å²) in [7, 11) is 0. The fourth-order valence-electron chi connectivity index (χ4n) is 2.71. The van der Waals surface area contributed by atoms with Crippen molar-refractivity contribution in [1.29, 1.82) is 0 Å². The molecule has 0 radical (unpaired) electrons. The van der Waals surface area contributed by atoms with Crippen LogP contribution in [0.4, 0.5) is 10.5 Å². The predicted molar refractivity (Wildman–Crippen MR) is 104 cm³/mol. The first-order valence-corrected chi connectivity index (χ1v) is 9.30. The van der Waals surface area contributed by atoms with E-state index in [9.17, 15) is 24.5 Å². The molecule has 10 nitrogen and oxygen atoms in total. The molecule has 1 aromatic carbocycles. The Labute approximate surface area is 169 Å². The van der Waals surface area contributed by atoms with Gasteiger partial charge in [-0.05, 0) is 49.4 Å². The summed E-state index contributed by atoms with van der Waals surface area (Å²) in [5, 5.41) is 16.6. The van der Waals surface area contributed by atoms with Gasteiger partial charge >= 0.3 is 0 Å². The highest BCUT2D eigenvalue weighted by Gasteiger charge is 2.34. The standard InChI is InChI=1S/C18H16N4O6S/c1-10-15(11(2)28-20-10)16(23)19-7-8-21-17(24)14(29-18(21)25)9-12-3-5-13(6-4-12)22(26)27/h3-6,9H,7-8H2,1-2H3,(H,19,23)/b14-9+. The van der Waals surface area contributed by atoms with E-state index < -0.39 is 22.0 Å². The Morgan fingerprint density at radius 3 is 2.59 bits per heavy atom. The van der Waals surface area contributed by atoms with E-state index in [0.717, 1.165) is 16.7 Å². The maximum atomic E-state index is 12.5. The van der Waals surface area contributed by atoms with E-state index in [0.29, 0.717) is 22.6 Å². The lowest BCUT2D eigenvalue weighted by Gasteiger charge is -2.12. The molecule has 0 spiro atoms. The summed E-state index contributed by atoms with van der Waals surface area (Å²) in [6, 6.07) is 5.63. The summed E-state index contributed by atoms with van der Waals surface area (Å²) in [6.45, 7) is 3.35. The zero-order valence-corrected chi connectivity index (χ0v) is 16.3. The molecule has 0 unspecified atom stereocenters. The molecule has 1 aliphatic heterocycles. The Bertz CT molecular complexity index is 1010. The summed E-state index contributed by atoms with van der Waals surface area (Å²) in [5.41, 5.74) is 1.28. The Balaban J connectivity index is 1.61. The zero-order chi connectivity index (χ0) is 21.1. The highest BCUT2D eigenvalue weighted by molar-refractivity contribution is 8.18. The molecule has 0 atom stereocenters. The predicted octanol–water partition coefficient (Wildman–Crippen LogP) is 2.67. The molecule has 1 fully saturated rings. The molecule has 2 heterocycles. The van der Waals surface area contributed by atoms with Crippen molar-refractivity contribution in [1.82, 2.24) is 15.4 Å². The molecule has 29 heavy (non-hydrogen) atoms. The molecular weight excluding hydrogens is 400 g/mol. The Hall–Kier alpha value is -3.47. The zero-order valence-electron chi connectivity index (χ0n) is 15.5. The summed E-state index contributed by atoms with van der Waals surface area (Å²) in [6.07, 6.45) is 1.50. The Kier molecular flexibility index (Phi) is 5.78. The molecule has 0 bridgehead atoms. The second-order valence-corrected chi connectivity index (χ2v) is 7.13. The third-order valence-corrected chi connectivity index (χ3v) is 5.06. The maximum Gasteiger partial charge on any atom is 0.293 e. The van der Waals surface area contributed by atoms with Gasteiger partial charge in [0.25, 0.3) is 22.7 Å². The van der Waals surface area contributed by atoms with Crippen molar-refractivity contribution in [2.75, 3.05) is 13.1 Å². The molecular formula is C18H16N4O6S. The van der Waals surface area contributed by atoms with Crippen LogP contribution in [0.3, 0.4) is 0 Å². The van der Waals surface area contributed by atoms with Crippen LogP contribution in [-0.2, 0) is 4.79 Å². The fourth-order valence-corrected chi connectivity index (χ4v) is 3.58. The molecule has 2 aromatic rings. The van der Waals surface area contributed by atoms with E-state index in [1.807, 2.05) is 0 Å². The van der Waals surface area contributed by atoms with Crippen molar-refractivity contribution < 1.29 is 23.8 Å². The SMILES string of the molecule is Cc1noc(C)c1C(=O)NCCN1C(=O)S/C(=C/c2ccc([N+](=O)[O-])cc2)C1=O. The van der Waals surface area contributed by atoms with Crippen LogP contribution in [0, 0.1) is 24.0 Å². The first-order chi connectivity index (χ1) is 13.8. The summed E-state index contributed by atoms with van der Waals surface area (Å²) in [5.74, 6) is -0.489. The van der Waals surface area contributed by atoms with Crippen molar-refractivity contribution >= 4 is 40.6 Å². The number of nitro benzene ring substituents is 1. The van der Waals surface area contributed by atoms with Crippen LogP contribution in [0.25, 0.3) is 6.08 Å². The van der Waals surface area contributed by atoms with E-state index in [1.165, 1.54) is 30.3 Å². The number of hydrogen-bond donors (Lipinski definition) is 1. The molecule has 1 N–H and O–H groups in total. The van der Waals surface area contributed by atoms with Crippen LogP contribution < -0.4 is 5.32 Å². The van der Waals surface area contributed by atoms with Crippen molar-refractivity contribution in [3.63, 3.8) is 0 Å². The third-order valence-electron chi connectivity index (χ3n) is 4.16. The Morgan fingerprint density at radius 1 is 1.31 bits per heavy atom. The van der Waals surface area contributed by atoms with Crippen LogP contribution in [0.5, 0.6) is 0 Å². The number of carbonyl (C=O) groups excluding carboxylic acids is 3. The second-order valence-electron chi connectivity index (χ2n) is 6.14. The second kappa shape index (κ2) is 8.27. The summed E-state index contributed by atoms with van der Waals surface area (Å²) < 4.78 is 4.94. The highest BCUT2D eigenvalue weighted by atomic mass is 32.2. The lowest BCUT2D eigenvalue weighted by Crippen LogP contribution is -2.37. The molecule has 1 aromatic heterocycles. The molecule has 11 heteroatoms. The Morgan fingerprint density at radius 2 is 2.00 bits per heavy atom. The largest absolute Gasteiger partial charge is 0.361 e. The number of carbonyl (C=O) groups is 3. The van der Waals surface area contributed by atoms with Gasteiger partial charge in [0, 0.05) is 25.2 Å². The molecule has 3 rings (SSSR count). The van der Waals surface area contributed by atoms with Crippen LogP contribution in [0.2, 0.25) is 0 Å². The van der Waals surface area contributed by atoms with E-state index in [1.54, 1.807) is 13.8 Å². The topological polar surface area (TPSA) is 136 Å². The third kappa shape index (κ3) is 4.35.